The Morgan fingerprint density at radius 1 is 1.48 bits per heavy atom. The van der Waals surface area contributed by atoms with E-state index in [1.165, 1.54) is 13.0 Å². The lowest BCUT2D eigenvalue weighted by Crippen LogP contribution is -2.22. The molecule has 0 spiro atoms. The molecule has 25 heavy (non-hydrogen) atoms. The summed E-state index contributed by atoms with van der Waals surface area (Å²) < 4.78 is 6.09. The van der Waals surface area contributed by atoms with Gasteiger partial charge in [0.05, 0.1) is 0 Å². The predicted octanol–water partition coefficient (Wildman–Crippen LogP) is 2.62. The average Bonchev–Trinajstić information content (AvgIpc) is 2.96. The highest BCUT2D eigenvalue weighted by molar-refractivity contribution is 5.99. The van der Waals surface area contributed by atoms with Crippen LogP contribution < -0.4 is 5.63 Å². The van der Waals surface area contributed by atoms with Gasteiger partial charge in [0.2, 0.25) is 5.82 Å². The quantitative estimate of drug-likeness (QED) is 0.313. The second-order valence-electron chi connectivity index (χ2n) is 5.34. The summed E-state index contributed by atoms with van der Waals surface area (Å²) in [6.45, 7) is 5.09. The number of carbonyl (C=O) groups is 1. The second-order valence-corrected chi connectivity index (χ2v) is 5.34. The van der Waals surface area contributed by atoms with Crippen molar-refractivity contribution in [2.45, 2.75) is 13.3 Å². The minimum absolute atomic E-state index is 0.108. The van der Waals surface area contributed by atoms with Crippen molar-refractivity contribution in [3.8, 4) is 0 Å². The Morgan fingerprint density at radius 2 is 2.24 bits per heavy atom. The Hall–Kier alpha value is -3.55. The molecule has 0 unspecified atom stereocenters. The number of benzene rings is 1. The van der Waals surface area contributed by atoms with E-state index < -0.39 is 22.3 Å². The van der Waals surface area contributed by atoms with Crippen molar-refractivity contribution in [3.05, 3.63) is 80.6 Å². The van der Waals surface area contributed by atoms with E-state index in [4.69, 9.17) is 4.42 Å². The monoisotopic (exact) mass is 339 g/mol. The van der Waals surface area contributed by atoms with Gasteiger partial charge in [-0.05, 0) is 23.0 Å². The fourth-order valence-corrected chi connectivity index (χ4v) is 2.60. The van der Waals surface area contributed by atoms with Gasteiger partial charge in [-0.15, -0.1) is 11.1 Å². The molecule has 2 heterocycles. The van der Waals surface area contributed by atoms with Crippen LogP contribution in [0.15, 0.2) is 52.3 Å². The molecule has 0 aliphatic rings. The number of nitro groups is 1. The maximum Gasteiger partial charge on any atom is 0.354 e. The van der Waals surface area contributed by atoms with Crippen LogP contribution in [0.1, 0.15) is 21.7 Å². The molecule has 1 aromatic carbocycles. The molecular formula is C17H13N3O5. The summed E-state index contributed by atoms with van der Waals surface area (Å²) in [5.74, 6) is -1.26. The van der Waals surface area contributed by atoms with Crippen molar-refractivity contribution < 1.29 is 14.1 Å². The Kier molecular flexibility index (Phi) is 4.02. The Balaban J connectivity index is 2.20. The van der Waals surface area contributed by atoms with Crippen LogP contribution in [0.4, 0.5) is 5.82 Å². The first-order valence-electron chi connectivity index (χ1n) is 7.34. The fourth-order valence-electron chi connectivity index (χ4n) is 2.60. The smallest absolute Gasteiger partial charge is 0.354 e. The Bertz CT molecular complexity index is 1080. The van der Waals surface area contributed by atoms with Crippen LogP contribution in [0, 0.1) is 17.0 Å². The number of aromatic nitrogens is 2. The van der Waals surface area contributed by atoms with Crippen LogP contribution >= 0.6 is 0 Å². The third kappa shape index (κ3) is 2.74. The minimum atomic E-state index is -0.864. The zero-order valence-corrected chi connectivity index (χ0v) is 13.3. The van der Waals surface area contributed by atoms with E-state index in [0.717, 1.165) is 16.3 Å². The third-order valence-corrected chi connectivity index (χ3v) is 3.75. The second kappa shape index (κ2) is 6.16. The molecule has 8 heteroatoms. The highest BCUT2D eigenvalue weighted by atomic mass is 16.6. The van der Waals surface area contributed by atoms with Gasteiger partial charge in [-0.1, -0.05) is 24.3 Å². The van der Waals surface area contributed by atoms with Gasteiger partial charge >= 0.3 is 17.4 Å². The molecule has 8 nitrogen and oxygen atoms in total. The van der Waals surface area contributed by atoms with Crippen molar-refractivity contribution >= 4 is 22.7 Å². The Labute approximate surface area is 141 Å². The summed E-state index contributed by atoms with van der Waals surface area (Å²) in [6, 6.07) is 6.62. The molecule has 3 aromatic rings. The largest absolute Gasteiger partial charge is 0.422 e. The molecule has 0 N–H and O–H groups in total. The van der Waals surface area contributed by atoms with Crippen molar-refractivity contribution in [2.24, 2.45) is 0 Å². The number of rotatable bonds is 4. The highest BCUT2D eigenvalue weighted by Crippen LogP contribution is 2.21. The molecule has 0 atom stereocenters. The molecule has 0 aliphatic heterocycles. The van der Waals surface area contributed by atoms with Crippen molar-refractivity contribution in [1.29, 1.82) is 0 Å². The number of allylic oxidation sites excluding steroid dienone is 1. The van der Waals surface area contributed by atoms with Crippen molar-refractivity contribution in [3.63, 3.8) is 0 Å². The number of carbonyl (C=O) groups excluding carboxylic acids is 1. The molecule has 0 radical (unpaired) electrons. The van der Waals surface area contributed by atoms with E-state index in [-0.39, 0.29) is 11.4 Å². The van der Waals surface area contributed by atoms with Gasteiger partial charge in [0.25, 0.3) is 0 Å². The van der Waals surface area contributed by atoms with E-state index in [2.05, 4.69) is 11.6 Å². The summed E-state index contributed by atoms with van der Waals surface area (Å²) >= 11 is 0. The highest BCUT2D eigenvalue weighted by Gasteiger charge is 2.28. The SMILES string of the molecule is C=CCc1cccc2cc(C(=O)n3c([N+](=O)[O-])cnc3C)c(=O)oc12. The summed E-state index contributed by atoms with van der Waals surface area (Å²) in [5, 5.41) is 11.6. The van der Waals surface area contributed by atoms with Gasteiger partial charge in [0.15, 0.2) is 5.56 Å². The van der Waals surface area contributed by atoms with Gasteiger partial charge in [-0.3, -0.25) is 0 Å². The van der Waals surface area contributed by atoms with Crippen LogP contribution in [-0.4, -0.2) is 20.4 Å². The number of fused-ring (bicyclic) bond motifs is 1. The molecule has 2 aromatic heterocycles. The number of aryl methyl sites for hydroxylation is 1. The number of hydrogen-bond donors (Lipinski definition) is 0. The summed E-state index contributed by atoms with van der Waals surface area (Å²) in [7, 11) is 0. The van der Waals surface area contributed by atoms with Crippen LogP contribution in [0.3, 0.4) is 0 Å². The minimum Gasteiger partial charge on any atom is -0.422 e. The molecule has 0 saturated heterocycles. The van der Waals surface area contributed by atoms with Gasteiger partial charge in [-0.25, -0.2) is 14.6 Å². The van der Waals surface area contributed by atoms with Crippen LogP contribution in [0.5, 0.6) is 0 Å². The number of nitrogens with zero attached hydrogens (tertiary/aromatic N) is 3. The molecule has 126 valence electrons. The van der Waals surface area contributed by atoms with E-state index >= 15 is 0 Å². The molecule has 0 saturated carbocycles. The number of para-hydroxylation sites is 1. The maximum absolute atomic E-state index is 12.7. The van der Waals surface area contributed by atoms with Crippen LogP contribution in [0.2, 0.25) is 0 Å². The molecular weight excluding hydrogens is 326 g/mol. The van der Waals surface area contributed by atoms with Gasteiger partial charge in [-0.2, -0.15) is 0 Å². The molecule has 0 bridgehead atoms. The Morgan fingerprint density at radius 3 is 2.92 bits per heavy atom. The van der Waals surface area contributed by atoms with E-state index in [1.54, 1.807) is 24.3 Å². The normalized spacial score (nSPS) is 10.8. The standard InChI is InChI=1S/C17H13N3O5/c1-3-5-11-6-4-7-12-8-13(17(22)25-15(11)12)16(21)19-10(2)18-9-14(19)20(23)24/h3-4,6-9H,1,5H2,2H3. The molecule has 3 rings (SSSR count). The number of imidazole rings is 1. The topological polar surface area (TPSA) is 108 Å². The first-order valence-corrected chi connectivity index (χ1v) is 7.34. The van der Waals surface area contributed by atoms with Crippen LogP contribution in [-0.2, 0) is 6.42 Å². The fraction of sp³-hybridized carbons (Fsp3) is 0.118. The summed E-state index contributed by atoms with van der Waals surface area (Å²) in [4.78, 5) is 39.1. The lowest BCUT2D eigenvalue weighted by Gasteiger charge is -2.05. The van der Waals surface area contributed by atoms with Crippen molar-refractivity contribution in [1.82, 2.24) is 9.55 Å². The maximum atomic E-state index is 12.7. The first kappa shape index (κ1) is 16.3. The van der Waals surface area contributed by atoms with Crippen LogP contribution in [0.25, 0.3) is 11.0 Å². The average molecular weight is 339 g/mol. The lowest BCUT2D eigenvalue weighted by molar-refractivity contribution is -0.390. The molecule has 0 fully saturated rings. The van der Waals surface area contributed by atoms with Crippen molar-refractivity contribution in [2.75, 3.05) is 0 Å². The lowest BCUT2D eigenvalue weighted by atomic mass is 10.1. The van der Waals surface area contributed by atoms with E-state index in [9.17, 15) is 19.7 Å². The number of hydrogen-bond acceptors (Lipinski definition) is 6. The van der Waals surface area contributed by atoms with Gasteiger partial charge in [0.1, 0.15) is 11.8 Å². The van der Waals surface area contributed by atoms with Gasteiger partial charge in [0, 0.05) is 12.3 Å². The summed E-state index contributed by atoms with van der Waals surface area (Å²) in [6.07, 6.45) is 3.14. The summed E-state index contributed by atoms with van der Waals surface area (Å²) in [5.41, 5.74) is -0.0435. The first-order chi connectivity index (χ1) is 11.9. The molecule has 0 aliphatic carbocycles. The molecule has 0 amide bonds. The van der Waals surface area contributed by atoms with E-state index in [0.29, 0.717) is 17.4 Å². The van der Waals surface area contributed by atoms with E-state index in [1.807, 2.05) is 0 Å². The zero-order valence-electron chi connectivity index (χ0n) is 13.3. The predicted molar refractivity (Wildman–Crippen MR) is 89.7 cm³/mol. The third-order valence-electron chi connectivity index (χ3n) is 3.75. The zero-order chi connectivity index (χ0) is 18.1. The van der Waals surface area contributed by atoms with Gasteiger partial charge < -0.3 is 14.5 Å².